The van der Waals surface area contributed by atoms with E-state index in [1.165, 1.54) is 22.5 Å². The van der Waals surface area contributed by atoms with E-state index in [4.69, 9.17) is 9.15 Å². The molecule has 2 heterocycles. The van der Waals surface area contributed by atoms with Crippen LogP contribution in [0.4, 0.5) is 0 Å². The molecule has 0 spiro atoms. The van der Waals surface area contributed by atoms with Crippen molar-refractivity contribution in [2.24, 2.45) is 0 Å². The van der Waals surface area contributed by atoms with Crippen molar-refractivity contribution in [3.8, 4) is 5.75 Å². The molecule has 1 unspecified atom stereocenters. The molecule has 0 saturated carbocycles. The summed E-state index contributed by atoms with van der Waals surface area (Å²) in [5.74, 6) is -0.0381. The molecular formula is C26H31N3O5S. The lowest BCUT2D eigenvalue weighted by atomic mass is 9.98. The maximum absolute atomic E-state index is 13.7. The number of thiophene rings is 1. The number of methoxy groups -OCH3 is 1. The van der Waals surface area contributed by atoms with E-state index in [2.05, 4.69) is 10.6 Å². The highest BCUT2D eigenvalue weighted by Crippen LogP contribution is 2.28. The van der Waals surface area contributed by atoms with Crippen molar-refractivity contribution < 1.29 is 23.5 Å². The second-order valence-corrected chi connectivity index (χ2v) is 9.61. The van der Waals surface area contributed by atoms with Gasteiger partial charge in [0.2, 0.25) is 11.8 Å². The minimum atomic E-state index is -0.979. The Balaban J connectivity index is 1.96. The molecule has 0 radical (unpaired) electrons. The first-order chi connectivity index (χ1) is 16.7. The largest absolute Gasteiger partial charge is 0.497 e. The molecule has 0 saturated heterocycles. The third kappa shape index (κ3) is 6.95. The highest BCUT2D eigenvalue weighted by Gasteiger charge is 2.34. The van der Waals surface area contributed by atoms with Gasteiger partial charge in [0.1, 0.15) is 17.6 Å². The van der Waals surface area contributed by atoms with Crippen LogP contribution in [-0.2, 0) is 16.1 Å². The van der Waals surface area contributed by atoms with Crippen LogP contribution in [0.2, 0.25) is 0 Å². The molecule has 186 valence electrons. The number of furan rings is 1. The van der Waals surface area contributed by atoms with Gasteiger partial charge in [-0.05, 0) is 61.5 Å². The summed E-state index contributed by atoms with van der Waals surface area (Å²) in [4.78, 5) is 41.5. The average molecular weight is 498 g/mol. The van der Waals surface area contributed by atoms with E-state index >= 15 is 0 Å². The Morgan fingerprint density at radius 3 is 2.57 bits per heavy atom. The monoisotopic (exact) mass is 497 g/mol. The minimum Gasteiger partial charge on any atom is -0.497 e. The predicted molar refractivity (Wildman–Crippen MR) is 134 cm³/mol. The first kappa shape index (κ1) is 26.0. The molecule has 1 aromatic carbocycles. The Kier molecular flexibility index (Phi) is 8.70. The summed E-state index contributed by atoms with van der Waals surface area (Å²) in [6, 6.07) is 13.0. The smallest absolute Gasteiger partial charge is 0.261 e. The number of nitrogens with one attached hydrogen (secondary N) is 2. The zero-order valence-electron chi connectivity index (χ0n) is 20.4. The van der Waals surface area contributed by atoms with Crippen molar-refractivity contribution in [3.05, 3.63) is 76.4 Å². The van der Waals surface area contributed by atoms with Gasteiger partial charge in [0, 0.05) is 5.54 Å². The Morgan fingerprint density at radius 2 is 1.94 bits per heavy atom. The molecule has 9 heteroatoms. The van der Waals surface area contributed by atoms with E-state index < -0.39 is 17.5 Å². The summed E-state index contributed by atoms with van der Waals surface area (Å²) in [6.45, 7) is 5.60. The molecule has 0 bridgehead atoms. The first-order valence-electron chi connectivity index (χ1n) is 11.3. The molecule has 0 aliphatic rings. The summed E-state index contributed by atoms with van der Waals surface area (Å²) in [5, 5.41) is 7.51. The average Bonchev–Trinajstić information content (AvgIpc) is 3.56. The lowest BCUT2D eigenvalue weighted by molar-refractivity contribution is -0.141. The van der Waals surface area contributed by atoms with Crippen LogP contribution < -0.4 is 15.4 Å². The third-order valence-corrected chi connectivity index (χ3v) is 6.56. The summed E-state index contributed by atoms with van der Waals surface area (Å²) < 4.78 is 10.9. The highest BCUT2D eigenvalue weighted by molar-refractivity contribution is 7.12. The van der Waals surface area contributed by atoms with Crippen molar-refractivity contribution >= 4 is 29.1 Å². The van der Waals surface area contributed by atoms with E-state index in [0.29, 0.717) is 28.4 Å². The summed E-state index contributed by atoms with van der Waals surface area (Å²) >= 11 is 1.29. The lowest BCUT2D eigenvalue weighted by Crippen LogP contribution is -2.51. The van der Waals surface area contributed by atoms with Gasteiger partial charge in [-0.25, -0.2) is 0 Å². The summed E-state index contributed by atoms with van der Waals surface area (Å²) in [5.41, 5.74) is 0.0966. The fourth-order valence-electron chi connectivity index (χ4n) is 3.42. The lowest BCUT2D eigenvalue weighted by Gasteiger charge is -2.34. The quantitative estimate of drug-likeness (QED) is 0.414. The van der Waals surface area contributed by atoms with Gasteiger partial charge in [0.15, 0.2) is 0 Å². The third-order valence-electron chi connectivity index (χ3n) is 5.69. The van der Waals surface area contributed by atoms with Crippen LogP contribution in [0.25, 0.3) is 0 Å². The maximum atomic E-state index is 13.7. The van der Waals surface area contributed by atoms with Crippen LogP contribution in [0, 0.1) is 0 Å². The molecule has 2 aromatic heterocycles. The Morgan fingerprint density at radius 1 is 1.14 bits per heavy atom. The van der Waals surface area contributed by atoms with E-state index in [9.17, 15) is 14.4 Å². The Hall–Kier alpha value is -3.59. The normalized spacial score (nSPS) is 12.0. The Labute approximate surface area is 209 Å². The van der Waals surface area contributed by atoms with Gasteiger partial charge in [-0.2, -0.15) is 0 Å². The number of hydrogen-bond acceptors (Lipinski definition) is 6. The van der Waals surface area contributed by atoms with Crippen molar-refractivity contribution in [1.82, 2.24) is 15.5 Å². The highest BCUT2D eigenvalue weighted by atomic mass is 32.1. The summed E-state index contributed by atoms with van der Waals surface area (Å²) in [6.07, 6.45) is 2.21. The zero-order valence-corrected chi connectivity index (χ0v) is 21.2. The van der Waals surface area contributed by atoms with Crippen molar-refractivity contribution in [1.29, 1.82) is 0 Å². The van der Waals surface area contributed by atoms with Gasteiger partial charge in [-0.3, -0.25) is 14.4 Å². The number of rotatable bonds is 11. The van der Waals surface area contributed by atoms with Crippen molar-refractivity contribution in [2.45, 2.75) is 45.3 Å². The van der Waals surface area contributed by atoms with Gasteiger partial charge in [0.25, 0.3) is 5.91 Å². The maximum Gasteiger partial charge on any atom is 0.261 e. The van der Waals surface area contributed by atoms with Gasteiger partial charge < -0.3 is 24.7 Å². The summed E-state index contributed by atoms with van der Waals surface area (Å²) in [7, 11) is 1.54. The fourth-order valence-corrected chi connectivity index (χ4v) is 4.06. The minimum absolute atomic E-state index is 0.0442. The van der Waals surface area contributed by atoms with E-state index in [1.54, 1.807) is 61.0 Å². The second kappa shape index (κ2) is 11.7. The molecule has 3 aromatic rings. The number of ether oxygens (including phenoxy) is 1. The molecule has 8 nitrogen and oxygen atoms in total. The number of hydrogen-bond donors (Lipinski definition) is 2. The van der Waals surface area contributed by atoms with E-state index in [0.717, 1.165) is 0 Å². The topological polar surface area (TPSA) is 101 Å². The number of carbonyl (C=O) groups is 3. The molecule has 3 amide bonds. The molecule has 35 heavy (non-hydrogen) atoms. The van der Waals surface area contributed by atoms with Crippen LogP contribution in [0.1, 0.15) is 54.2 Å². The van der Waals surface area contributed by atoms with E-state index in [1.807, 2.05) is 20.8 Å². The van der Waals surface area contributed by atoms with Crippen LogP contribution >= 0.6 is 11.3 Å². The number of amides is 3. The molecular weight excluding hydrogens is 466 g/mol. The Bertz CT molecular complexity index is 1130. The predicted octanol–water partition coefficient (Wildman–Crippen LogP) is 4.15. The number of benzene rings is 1. The van der Waals surface area contributed by atoms with Crippen molar-refractivity contribution in [3.63, 3.8) is 0 Å². The molecule has 0 fully saturated rings. The zero-order chi connectivity index (χ0) is 25.4. The molecule has 1 atom stereocenters. The fraction of sp³-hybridized carbons (Fsp3) is 0.346. The van der Waals surface area contributed by atoms with Gasteiger partial charge in [-0.1, -0.05) is 25.1 Å². The molecule has 0 aliphatic carbocycles. The van der Waals surface area contributed by atoms with Crippen LogP contribution in [-0.4, -0.2) is 41.8 Å². The first-order valence-corrected chi connectivity index (χ1v) is 12.2. The molecule has 3 rings (SSSR count). The van der Waals surface area contributed by atoms with Crippen LogP contribution in [0.15, 0.2) is 64.6 Å². The number of carbonyl (C=O) groups excluding carboxylic acids is 3. The van der Waals surface area contributed by atoms with Gasteiger partial charge in [0.05, 0.1) is 31.3 Å². The molecule has 0 aliphatic heterocycles. The van der Waals surface area contributed by atoms with Crippen molar-refractivity contribution in [2.75, 3.05) is 13.7 Å². The van der Waals surface area contributed by atoms with Gasteiger partial charge >= 0.3 is 0 Å². The SMILES string of the molecule is CCC(C)(C)NC(=O)C(c1cccc(OC)c1)N(Cc1ccco1)C(=O)CNC(=O)c1cccs1. The van der Waals surface area contributed by atoms with E-state index in [-0.39, 0.29) is 24.9 Å². The van der Waals surface area contributed by atoms with Crippen LogP contribution in [0.3, 0.4) is 0 Å². The second-order valence-electron chi connectivity index (χ2n) is 8.67. The molecule has 2 N–H and O–H groups in total. The van der Waals surface area contributed by atoms with Gasteiger partial charge in [-0.15, -0.1) is 11.3 Å². The standard InChI is InChI=1S/C26H31N3O5S/c1-5-26(2,3)28-25(32)23(18-9-6-10-19(15-18)33-4)29(17-20-11-7-13-34-20)22(30)16-27-24(31)21-12-8-14-35-21/h6-15,23H,5,16-17H2,1-4H3,(H,27,31)(H,28,32). The van der Waals surface area contributed by atoms with Crippen LogP contribution in [0.5, 0.6) is 5.75 Å². The number of nitrogens with zero attached hydrogens (tertiary/aromatic N) is 1.